The molecule has 1 saturated heterocycles. The highest BCUT2D eigenvalue weighted by molar-refractivity contribution is 5.76. The number of aromatic nitrogens is 1. The smallest absolute Gasteiger partial charge is 0.255 e. The Balaban J connectivity index is 1.31. The number of Topliss-reactive ketones (excluding diaryl/α,β-unsaturated/α-hetero) is 1. The van der Waals surface area contributed by atoms with Gasteiger partial charge in [-0.3, -0.25) is 0 Å². The van der Waals surface area contributed by atoms with Gasteiger partial charge in [-0.25, -0.2) is 18.2 Å². The largest absolute Gasteiger partial charge is 0.491 e. The molecule has 2 aliphatic rings. The van der Waals surface area contributed by atoms with Gasteiger partial charge in [0, 0.05) is 37.9 Å². The minimum absolute atomic E-state index is 0.125. The fourth-order valence-electron chi connectivity index (χ4n) is 3.88. The lowest BCUT2D eigenvalue weighted by Crippen LogP contribution is -2.45. The van der Waals surface area contributed by atoms with E-state index in [1.165, 1.54) is 17.8 Å². The van der Waals surface area contributed by atoms with E-state index < -0.39 is 17.7 Å². The van der Waals surface area contributed by atoms with Crippen LogP contribution in [0.25, 0.3) is 0 Å². The van der Waals surface area contributed by atoms with Gasteiger partial charge in [-0.05, 0) is 24.0 Å². The zero-order valence-electron chi connectivity index (χ0n) is 17.1. The predicted octanol–water partition coefficient (Wildman–Crippen LogP) is 4.94. The van der Waals surface area contributed by atoms with Gasteiger partial charge in [0.15, 0.2) is 11.6 Å². The molecule has 1 aromatic carbocycles. The first-order chi connectivity index (χ1) is 14.2. The summed E-state index contributed by atoms with van der Waals surface area (Å²) >= 11 is 0. The van der Waals surface area contributed by atoms with Gasteiger partial charge in [0.1, 0.15) is 11.5 Å². The Kier molecular flexibility index (Phi) is 5.47. The fraction of sp³-hybridized carbons (Fsp3) is 0.478. The van der Waals surface area contributed by atoms with Gasteiger partial charge in [-0.1, -0.05) is 31.2 Å². The summed E-state index contributed by atoms with van der Waals surface area (Å²) in [6, 6.07) is 9.46. The van der Waals surface area contributed by atoms with E-state index in [1.54, 1.807) is 6.92 Å². The van der Waals surface area contributed by atoms with Crippen LogP contribution in [0.3, 0.4) is 0 Å². The van der Waals surface area contributed by atoms with Crippen LogP contribution in [0.4, 0.5) is 19.0 Å². The molecule has 1 saturated carbocycles. The second-order valence-corrected chi connectivity index (χ2v) is 8.53. The molecule has 1 aliphatic carbocycles. The number of nitrogens with zero attached hydrogens (tertiary/aromatic N) is 2. The third kappa shape index (κ3) is 4.45. The van der Waals surface area contributed by atoms with Crippen molar-refractivity contribution in [1.82, 2.24) is 4.98 Å². The van der Waals surface area contributed by atoms with Crippen molar-refractivity contribution in [1.29, 1.82) is 0 Å². The number of hydrogen-bond acceptors (Lipinski definition) is 4. The summed E-state index contributed by atoms with van der Waals surface area (Å²) in [4.78, 5) is 17.3. The van der Waals surface area contributed by atoms with Crippen LogP contribution in [-0.2, 0) is 4.79 Å². The molecular formula is C23H25F3N2O2. The number of ether oxygens (including phenoxy) is 1. The lowest BCUT2D eigenvalue weighted by atomic mass is 9.88. The van der Waals surface area contributed by atoms with Crippen LogP contribution < -0.4 is 9.64 Å². The van der Waals surface area contributed by atoms with Gasteiger partial charge >= 0.3 is 0 Å². The van der Waals surface area contributed by atoms with Crippen molar-refractivity contribution in [2.75, 3.05) is 24.6 Å². The molecule has 4 nitrogen and oxygen atoms in total. The molecule has 1 aliphatic heterocycles. The van der Waals surface area contributed by atoms with Gasteiger partial charge in [0.2, 0.25) is 0 Å². The minimum Gasteiger partial charge on any atom is -0.491 e. The van der Waals surface area contributed by atoms with E-state index >= 15 is 0 Å². The summed E-state index contributed by atoms with van der Waals surface area (Å²) in [6.07, 6.45) is 1.74. The Bertz CT molecular complexity index is 927. The predicted molar refractivity (Wildman–Crippen MR) is 108 cm³/mol. The molecule has 0 radical (unpaired) electrons. The van der Waals surface area contributed by atoms with Crippen molar-refractivity contribution >= 4 is 11.6 Å². The third-order valence-electron chi connectivity index (χ3n) is 5.96. The molecule has 2 atom stereocenters. The highest BCUT2D eigenvalue weighted by Gasteiger charge is 2.57. The maximum absolute atomic E-state index is 14.4. The maximum atomic E-state index is 14.4. The lowest BCUT2D eigenvalue weighted by molar-refractivity contribution is -0.117. The normalized spacial score (nSPS) is 21.1. The van der Waals surface area contributed by atoms with Gasteiger partial charge in [0.05, 0.1) is 18.7 Å². The number of rotatable bonds is 8. The molecule has 2 heterocycles. The van der Waals surface area contributed by atoms with E-state index in [1.807, 2.05) is 11.8 Å². The minimum atomic E-state index is -2.65. The van der Waals surface area contributed by atoms with Crippen molar-refractivity contribution in [2.24, 2.45) is 5.92 Å². The second kappa shape index (κ2) is 7.93. The van der Waals surface area contributed by atoms with Crippen molar-refractivity contribution in [2.45, 2.75) is 44.4 Å². The summed E-state index contributed by atoms with van der Waals surface area (Å²) in [5.41, 5.74) is 2.31. The number of carbonyl (C=O) groups is 1. The first-order valence-electron chi connectivity index (χ1n) is 10.2. The molecule has 7 heteroatoms. The Labute approximate surface area is 174 Å². The number of pyridine rings is 1. The first kappa shape index (κ1) is 20.7. The molecule has 0 spiro atoms. The molecule has 1 aromatic heterocycles. The summed E-state index contributed by atoms with van der Waals surface area (Å²) in [5, 5.41) is 0. The van der Waals surface area contributed by atoms with Gasteiger partial charge in [-0.15, -0.1) is 0 Å². The van der Waals surface area contributed by atoms with E-state index in [0.29, 0.717) is 19.5 Å². The zero-order valence-corrected chi connectivity index (χ0v) is 17.1. The SMILES string of the molecule is CC(=O)C[C@@H](C)c1ccc(C2CN(c3ncc(OCC4CC4(F)F)cc3F)C2)cc1. The van der Waals surface area contributed by atoms with Crippen LogP contribution in [0.2, 0.25) is 0 Å². The van der Waals surface area contributed by atoms with Crippen molar-refractivity contribution in [3.05, 3.63) is 53.5 Å². The summed E-state index contributed by atoms with van der Waals surface area (Å²) in [5.74, 6) is -2.86. The average molecular weight is 418 g/mol. The highest BCUT2D eigenvalue weighted by Crippen LogP contribution is 2.48. The molecule has 1 unspecified atom stereocenters. The molecule has 4 rings (SSSR count). The lowest BCUT2D eigenvalue weighted by Gasteiger charge is -2.40. The van der Waals surface area contributed by atoms with E-state index in [0.717, 1.165) is 5.56 Å². The number of halogens is 3. The van der Waals surface area contributed by atoms with E-state index in [-0.39, 0.29) is 42.2 Å². The van der Waals surface area contributed by atoms with E-state index in [4.69, 9.17) is 4.74 Å². The van der Waals surface area contributed by atoms with Crippen molar-refractivity contribution in [3.63, 3.8) is 0 Å². The van der Waals surface area contributed by atoms with Crippen LogP contribution in [0, 0.1) is 11.7 Å². The standard InChI is InChI=1S/C23H25F3N2O2/c1-14(7-15(2)29)16-3-5-17(6-4-16)18-11-28(12-18)22-21(24)8-20(10-27-22)30-13-19-9-23(19,25)26/h3-6,8,10,14,18-19H,7,9,11-13H2,1-2H3/t14-,19?/m1/s1. The van der Waals surface area contributed by atoms with E-state index in [9.17, 15) is 18.0 Å². The number of ketones is 1. The van der Waals surface area contributed by atoms with Crippen LogP contribution >= 0.6 is 0 Å². The number of benzene rings is 1. The topological polar surface area (TPSA) is 42.4 Å². The third-order valence-corrected chi connectivity index (χ3v) is 5.96. The van der Waals surface area contributed by atoms with Gasteiger partial charge in [0.25, 0.3) is 5.92 Å². The molecule has 30 heavy (non-hydrogen) atoms. The Morgan fingerprint density at radius 3 is 2.53 bits per heavy atom. The van der Waals surface area contributed by atoms with Crippen LogP contribution in [-0.4, -0.2) is 36.4 Å². The monoisotopic (exact) mass is 418 g/mol. The molecule has 2 aromatic rings. The van der Waals surface area contributed by atoms with Crippen LogP contribution in [0.15, 0.2) is 36.5 Å². The average Bonchev–Trinajstić information content (AvgIpc) is 3.27. The molecule has 0 N–H and O–H groups in total. The van der Waals surface area contributed by atoms with Gasteiger partial charge < -0.3 is 14.4 Å². The maximum Gasteiger partial charge on any atom is 0.255 e. The Morgan fingerprint density at radius 2 is 1.97 bits per heavy atom. The van der Waals surface area contributed by atoms with E-state index in [2.05, 4.69) is 29.2 Å². The Morgan fingerprint density at radius 1 is 1.30 bits per heavy atom. The second-order valence-electron chi connectivity index (χ2n) is 8.53. The summed E-state index contributed by atoms with van der Waals surface area (Å²) in [7, 11) is 0. The summed E-state index contributed by atoms with van der Waals surface area (Å²) < 4.78 is 45.5. The van der Waals surface area contributed by atoms with Crippen molar-refractivity contribution in [3.8, 4) is 5.75 Å². The molecule has 160 valence electrons. The number of alkyl halides is 2. The quantitative estimate of drug-likeness (QED) is 0.609. The molecule has 0 amide bonds. The number of anilines is 1. The van der Waals surface area contributed by atoms with Crippen molar-refractivity contribution < 1.29 is 22.7 Å². The zero-order chi connectivity index (χ0) is 21.5. The number of hydrogen-bond donors (Lipinski definition) is 0. The van der Waals surface area contributed by atoms with Crippen LogP contribution in [0.1, 0.15) is 49.7 Å². The Hall–Kier alpha value is -2.57. The highest BCUT2D eigenvalue weighted by atomic mass is 19.3. The first-order valence-corrected chi connectivity index (χ1v) is 10.2. The molecule has 0 bridgehead atoms. The summed E-state index contributed by atoms with van der Waals surface area (Å²) in [6.45, 7) is 4.83. The molecule has 2 fully saturated rings. The molecular weight excluding hydrogens is 393 g/mol. The fourth-order valence-corrected chi connectivity index (χ4v) is 3.88. The number of carbonyl (C=O) groups excluding carboxylic acids is 1. The van der Waals surface area contributed by atoms with Gasteiger partial charge in [-0.2, -0.15) is 0 Å². The van der Waals surface area contributed by atoms with Crippen LogP contribution in [0.5, 0.6) is 5.75 Å².